The van der Waals surface area contributed by atoms with Crippen LogP contribution < -0.4 is 5.32 Å². The molecule has 1 amide bonds. The van der Waals surface area contributed by atoms with Crippen LogP contribution in [-0.4, -0.2) is 52.7 Å². The maximum absolute atomic E-state index is 14.1. The van der Waals surface area contributed by atoms with Gasteiger partial charge in [-0.1, -0.05) is 32.0 Å². The van der Waals surface area contributed by atoms with E-state index in [1.165, 1.54) is 19.9 Å². The summed E-state index contributed by atoms with van der Waals surface area (Å²) in [4.78, 5) is 11.7. The van der Waals surface area contributed by atoms with Crippen LogP contribution in [0.4, 0.5) is 75.9 Å². The number of anilines is 1. The molecule has 0 unspecified atom stereocenters. The van der Waals surface area contributed by atoms with Crippen LogP contribution in [0.15, 0.2) is 24.3 Å². The van der Waals surface area contributed by atoms with Crippen LogP contribution in [0.2, 0.25) is 0 Å². The number of rotatable bonds is 10. The molecule has 0 spiro atoms. The zero-order valence-electron chi connectivity index (χ0n) is 17.7. The molecule has 0 aliphatic carbocycles. The Kier molecular flexibility index (Phi) is 8.22. The summed E-state index contributed by atoms with van der Waals surface area (Å²) < 4.78 is 216. The van der Waals surface area contributed by atoms with Crippen molar-refractivity contribution >= 4 is 23.2 Å². The zero-order valence-corrected chi connectivity index (χ0v) is 18.5. The predicted molar refractivity (Wildman–Crippen MR) is 94.6 cm³/mol. The van der Waals surface area contributed by atoms with Gasteiger partial charge in [-0.15, -0.1) is 0 Å². The van der Waals surface area contributed by atoms with E-state index in [4.69, 9.17) is 0 Å². The van der Waals surface area contributed by atoms with Gasteiger partial charge in [-0.3, -0.25) is 4.79 Å². The first-order valence-electron chi connectivity index (χ1n) is 9.19. The number of amides is 1. The van der Waals surface area contributed by atoms with Crippen molar-refractivity contribution in [3.63, 3.8) is 0 Å². The summed E-state index contributed by atoms with van der Waals surface area (Å²) in [6, 6.07) is 4.02. The Morgan fingerprint density at radius 3 is 1.38 bits per heavy atom. The standard InChI is InChI=1S/C18H12ClF16NO/c1-7(2)8-5-3-4-6-9(8)36-10(37)11(20,21)12(22,23)13(24,25)14(26,27)15(28,29)16(30,31)17(32,33)18(19,34)35/h3-7H,1-2H3,(H,36,37). The molecule has 0 aliphatic heterocycles. The second kappa shape index (κ2) is 9.25. The number of hydrogen-bond acceptors (Lipinski definition) is 1. The third kappa shape index (κ3) is 4.66. The van der Waals surface area contributed by atoms with Gasteiger partial charge in [0.05, 0.1) is 0 Å². The van der Waals surface area contributed by atoms with Crippen LogP contribution in [0.5, 0.6) is 0 Å². The van der Waals surface area contributed by atoms with Gasteiger partial charge >= 0.3 is 52.7 Å². The van der Waals surface area contributed by atoms with Gasteiger partial charge in [0.1, 0.15) is 0 Å². The highest BCUT2D eigenvalue weighted by Crippen LogP contribution is 2.64. The van der Waals surface area contributed by atoms with Gasteiger partial charge in [0.15, 0.2) is 0 Å². The van der Waals surface area contributed by atoms with Crippen LogP contribution in [0.25, 0.3) is 0 Å². The Morgan fingerprint density at radius 2 is 1.00 bits per heavy atom. The molecule has 0 fully saturated rings. The molecule has 19 heteroatoms. The maximum Gasteiger partial charge on any atom is 0.393 e. The van der Waals surface area contributed by atoms with Gasteiger partial charge in [-0.2, -0.15) is 70.2 Å². The first-order chi connectivity index (χ1) is 16.1. The topological polar surface area (TPSA) is 29.1 Å². The van der Waals surface area contributed by atoms with Crippen LogP contribution in [0.3, 0.4) is 0 Å². The summed E-state index contributed by atoms with van der Waals surface area (Å²) in [5, 5.41) is -5.90. The second-order valence-electron chi connectivity index (χ2n) is 7.71. The van der Waals surface area contributed by atoms with Crippen molar-refractivity contribution in [1.29, 1.82) is 0 Å². The van der Waals surface area contributed by atoms with E-state index in [0.29, 0.717) is 0 Å². The second-order valence-corrected chi connectivity index (χ2v) is 8.19. The molecule has 0 saturated carbocycles. The van der Waals surface area contributed by atoms with Gasteiger partial charge < -0.3 is 5.32 Å². The average Bonchev–Trinajstić information content (AvgIpc) is 2.72. The zero-order chi connectivity index (χ0) is 29.8. The molecule has 0 heterocycles. The normalized spacial score (nSPS) is 15.2. The Morgan fingerprint density at radius 1 is 0.649 bits per heavy atom. The smallest absolute Gasteiger partial charge is 0.320 e. The summed E-state index contributed by atoms with van der Waals surface area (Å²) >= 11 is 3.45. The molecule has 0 aromatic heterocycles. The highest BCUT2D eigenvalue weighted by Gasteiger charge is 2.95. The van der Waals surface area contributed by atoms with E-state index < -0.39 is 64.4 Å². The fourth-order valence-corrected chi connectivity index (χ4v) is 2.74. The first-order valence-corrected chi connectivity index (χ1v) is 9.57. The number of nitrogens with one attached hydrogen (secondary N) is 1. The summed E-state index contributed by atoms with van der Waals surface area (Å²) in [6.45, 7) is 2.68. The van der Waals surface area contributed by atoms with E-state index in [2.05, 4.69) is 11.6 Å². The highest BCUT2D eigenvalue weighted by molar-refractivity contribution is 6.22. The molecule has 0 aliphatic rings. The van der Waals surface area contributed by atoms with E-state index in [-0.39, 0.29) is 5.56 Å². The van der Waals surface area contributed by atoms with Crippen LogP contribution in [-0.2, 0) is 4.79 Å². The Hall–Kier alpha value is -2.14. The van der Waals surface area contributed by atoms with Crippen molar-refractivity contribution in [2.24, 2.45) is 0 Å². The van der Waals surface area contributed by atoms with E-state index in [0.717, 1.165) is 23.5 Å². The minimum atomic E-state index is -8.63. The third-order valence-electron chi connectivity index (χ3n) is 4.84. The molecule has 0 saturated heterocycles. The minimum Gasteiger partial charge on any atom is -0.320 e. The first kappa shape index (κ1) is 32.9. The Labute approximate surface area is 200 Å². The molecule has 1 N–H and O–H groups in total. The number of benzene rings is 1. The summed E-state index contributed by atoms with van der Waals surface area (Å²) in [6.07, 6.45) is 0. The highest BCUT2D eigenvalue weighted by atomic mass is 35.5. The number of hydrogen-bond donors (Lipinski definition) is 1. The SMILES string of the molecule is CC(C)c1ccccc1NC(=O)C(F)(F)C(F)(F)C(F)(F)C(F)(F)C(F)(F)C(F)(F)C(F)(F)C(F)(F)Cl. The monoisotopic (exact) mass is 597 g/mol. The van der Waals surface area contributed by atoms with Gasteiger partial charge in [0.25, 0.3) is 0 Å². The quantitative estimate of drug-likeness (QED) is 0.215. The van der Waals surface area contributed by atoms with Crippen molar-refractivity contribution in [2.45, 2.75) is 66.6 Å². The van der Waals surface area contributed by atoms with Crippen molar-refractivity contribution in [3.8, 4) is 0 Å². The number of alkyl halides is 17. The summed E-state index contributed by atoms with van der Waals surface area (Å²) in [7, 11) is 0. The van der Waals surface area contributed by atoms with Crippen molar-refractivity contribution in [1.82, 2.24) is 0 Å². The number of carbonyl (C=O) groups is 1. The molecule has 214 valence electrons. The molecular formula is C18H12ClF16NO. The van der Waals surface area contributed by atoms with Gasteiger partial charge in [0, 0.05) is 5.69 Å². The molecule has 1 aromatic carbocycles. The lowest BCUT2D eigenvalue weighted by molar-refractivity contribution is -0.445. The minimum absolute atomic E-state index is 0.123. The Bertz CT molecular complexity index is 1000. The summed E-state index contributed by atoms with van der Waals surface area (Å²) in [5.41, 5.74) is -0.906. The molecule has 0 bridgehead atoms. The number of carbonyl (C=O) groups excluding carboxylic acids is 1. The molecule has 1 rings (SSSR count). The van der Waals surface area contributed by atoms with Crippen LogP contribution in [0, 0.1) is 0 Å². The van der Waals surface area contributed by atoms with Crippen LogP contribution in [0.1, 0.15) is 25.3 Å². The van der Waals surface area contributed by atoms with Gasteiger partial charge in [0.2, 0.25) is 0 Å². The lowest BCUT2D eigenvalue weighted by Crippen LogP contribution is -2.75. The molecular weight excluding hydrogens is 586 g/mol. The van der Waals surface area contributed by atoms with E-state index in [9.17, 15) is 75.0 Å². The van der Waals surface area contributed by atoms with E-state index in [1.807, 2.05) is 0 Å². The van der Waals surface area contributed by atoms with E-state index >= 15 is 0 Å². The van der Waals surface area contributed by atoms with Gasteiger partial charge in [-0.25, -0.2) is 0 Å². The molecule has 37 heavy (non-hydrogen) atoms. The van der Waals surface area contributed by atoms with E-state index in [1.54, 1.807) is 0 Å². The molecule has 0 radical (unpaired) electrons. The molecule has 0 atom stereocenters. The van der Waals surface area contributed by atoms with Crippen LogP contribution >= 0.6 is 11.6 Å². The summed E-state index contributed by atoms with van der Waals surface area (Å²) in [5.74, 6) is -61.2. The lowest BCUT2D eigenvalue weighted by atomic mass is 9.89. The number of para-hydroxylation sites is 1. The Balaban J connectivity index is 3.61. The van der Waals surface area contributed by atoms with Crippen molar-refractivity contribution < 1.29 is 75.0 Å². The molecule has 1 aromatic rings. The number of halogens is 17. The van der Waals surface area contributed by atoms with Gasteiger partial charge in [-0.05, 0) is 29.1 Å². The largest absolute Gasteiger partial charge is 0.393 e. The predicted octanol–water partition coefficient (Wildman–Crippen LogP) is 8.03. The fourth-order valence-electron chi connectivity index (χ4n) is 2.62. The third-order valence-corrected chi connectivity index (χ3v) is 5.08. The van der Waals surface area contributed by atoms with Crippen molar-refractivity contribution in [2.75, 3.05) is 5.32 Å². The maximum atomic E-state index is 14.1. The van der Waals surface area contributed by atoms with Crippen molar-refractivity contribution in [3.05, 3.63) is 29.8 Å². The average molecular weight is 598 g/mol. The fraction of sp³-hybridized carbons (Fsp3) is 0.611. The molecule has 2 nitrogen and oxygen atoms in total. The lowest BCUT2D eigenvalue weighted by Gasteiger charge is -2.42.